The molecule has 1 N–H and O–H groups in total. The topological polar surface area (TPSA) is 59.3 Å². The van der Waals surface area contributed by atoms with Crippen LogP contribution in [0, 0.1) is 11.7 Å². The number of rotatable bonds is 2. The second kappa shape index (κ2) is 3.85. The normalized spacial score (nSPS) is 26.3. The summed E-state index contributed by atoms with van der Waals surface area (Å²) in [4.78, 5) is 23.5. The highest BCUT2D eigenvalue weighted by molar-refractivity contribution is 6.31. The summed E-state index contributed by atoms with van der Waals surface area (Å²) in [6.07, 6.45) is 4.30. The van der Waals surface area contributed by atoms with Crippen LogP contribution in [0.3, 0.4) is 0 Å². The number of pyridine rings is 1. The molecule has 3 saturated carbocycles. The standard InChI is InChI=1S/C15H11ClFNO3/c16-10-2-12-8(1-11(10)17)13(19)9(14(20)21)6-18(12)15-3-7(4-15)5-15/h1-2,6-7H,3-5H2,(H,20,21). The van der Waals surface area contributed by atoms with Gasteiger partial charge < -0.3 is 9.67 Å². The Balaban J connectivity index is 2.11. The van der Waals surface area contributed by atoms with E-state index in [2.05, 4.69) is 0 Å². The lowest BCUT2D eigenvalue weighted by atomic mass is 9.49. The van der Waals surface area contributed by atoms with Crippen molar-refractivity contribution in [1.29, 1.82) is 0 Å². The predicted molar refractivity (Wildman–Crippen MR) is 75.5 cm³/mol. The van der Waals surface area contributed by atoms with Gasteiger partial charge in [-0.15, -0.1) is 0 Å². The lowest BCUT2D eigenvalue weighted by Crippen LogP contribution is -2.59. The molecule has 3 aliphatic carbocycles. The van der Waals surface area contributed by atoms with Crippen LogP contribution in [0.5, 0.6) is 0 Å². The monoisotopic (exact) mass is 307 g/mol. The third kappa shape index (κ3) is 1.55. The van der Waals surface area contributed by atoms with Gasteiger partial charge in [-0.1, -0.05) is 11.6 Å². The van der Waals surface area contributed by atoms with Gasteiger partial charge in [0.15, 0.2) is 0 Å². The van der Waals surface area contributed by atoms with Gasteiger partial charge in [-0.25, -0.2) is 9.18 Å². The second-order valence-corrected chi connectivity index (χ2v) is 6.44. The summed E-state index contributed by atoms with van der Waals surface area (Å²) in [5, 5.41) is 9.22. The number of halogens is 2. The molecular formula is C15H11ClFNO3. The van der Waals surface area contributed by atoms with Crippen LogP contribution in [0.15, 0.2) is 23.1 Å². The highest BCUT2D eigenvalue weighted by Gasteiger charge is 2.58. The Kier molecular flexibility index (Phi) is 2.35. The fourth-order valence-corrected chi connectivity index (χ4v) is 3.75. The molecule has 0 saturated heterocycles. The zero-order chi connectivity index (χ0) is 14.9. The Morgan fingerprint density at radius 2 is 2.05 bits per heavy atom. The molecule has 0 aliphatic heterocycles. The van der Waals surface area contributed by atoms with Gasteiger partial charge >= 0.3 is 5.97 Å². The van der Waals surface area contributed by atoms with Crippen molar-refractivity contribution in [2.75, 3.05) is 0 Å². The third-order valence-corrected chi connectivity index (χ3v) is 5.08. The van der Waals surface area contributed by atoms with Crippen molar-refractivity contribution in [1.82, 2.24) is 4.57 Å². The molecule has 1 aromatic heterocycles. The van der Waals surface area contributed by atoms with E-state index in [1.165, 1.54) is 12.3 Å². The summed E-state index contributed by atoms with van der Waals surface area (Å²) in [7, 11) is 0. The lowest BCUT2D eigenvalue weighted by Gasteiger charge is -2.63. The molecule has 0 unspecified atom stereocenters. The van der Waals surface area contributed by atoms with Gasteiger partial charge in [-0.3, -0.25) is 4.79 Å². The van der Waals surface area contributed by atoms with Crippen molar-refractivity contribution >= 4 is 28.5 Å². The molecule has 2 aromatic rings. The maximum absolute atomic E-state index is 13.7. The van der Waals surface area contributed by atoms with Crippen LogP contribution >= 0.6 is 11.6 Å². The average Bonchev–Trinajstić information content (AvgIpc) is 2.30. The van der Waals surface area contributed by atoms with Crippen molar-refractivity contribution in [3.8, 4) is 0 Å². The third-order valence-electron chi connectivity index (χ3n) is 4.79. The van der Waals surface area contributed by atoms with Crippen molar-refractivity contribution < 1.29 is 14.3 Å². The van der Waals surface area contributed by atoms with Crippen LogP contribution < -0.4 is 5.43 Å². The van der Waals surface area contributed by atoms with E-state index in [0.717, 1.165) is 25.3 Å². The number of hydrogen-bond acceptors (Lipinski definition) is 2. The highest BCUT2D eigenvalue weighted by atomic mass is 35.5. The Bertz CT molecular complexity index is 856. The first-order valence-corrected chi connectivity index (χ1v) is 7.07. The summed E-state index contributed by atoms with van der Waals surface area (Å²) in [6, 6.07) is 2.45. The van der Waals surface area contributed by atoms with Crippen LogP contribution in [0.4, 0.5) is 4.39 Å². The predicted octanol–water partition coefficient (Wildman–Crippen LogP) is 3.00. The maximum atomic E-state index is 13.7. The van der Waals surface area contributed by atoms with Crippen molar-refractivity contribution in [2.45, 2.75) is 24.8 Å². The molecule has 0 radical (unpaired) electrons. The number of aromatic carboxylic acids is 1. The number of carboxylic acids is 1. The van der Waals surface area contributed by atoms with Gasteiger partial charge in [0.1, 0.15) is 11.4 Å². The fraction of sp³-hybridized carbons (Fsp3) is 0.333. The largest absolute Gasteiger partial charge is 0.477 e. The van der Waals surface area contributed by atoms with E-state index in [4.69, 9.17) is 11.6 Å². The Hall–Kier alpha value is -1.88. The van der Waals surface area contributed by atoms with Crippen molar-refractivity contribution in [3.63, 3.8) is 0 Å². The SMILES string of the molecule is O=C(O)c1cn(C23CC(C2)C3)c2cc(Cl)c(F)cc2c1=O. The maximum Gasteiger partial charge on any atom is 0.341 e. The highest BCUT2D eigenvalue weighted by Crippen LogP contribution is 2.62. The summed E-state index contributed by atoms with van der Waals surface area (Å²) >= 11 is 5.83. The minimum absolute atomic E-state index is 0.0645. The molecule has 21 heavy (non-hydrogen) atoms. The van der Waals surface area contributed by atoms with Gasteiger partial charge in [0.2, 0.25) is 5.43 Å². The zero-order valence-electron chi connectivity index (χ0n) is 10.9. The smallest absolute Gasteiger partial charge is 0.341 e. The molecule has 5 rings (SSSR count). The molecule has 4 nitrogen and oxygen atoms in total. The van der Waals surface area contributed by atoms with E-state index in [1.54, 1.807) is 0 Å². The Morgan fingerprint density at radius 3 is 2.57 bits per heavy atom. The van der Waals surface area contributed by atoms with E-state index in [9.17, 15) is 19.1 Å². The first kappa shape index (κ1) is 12.8. The minimum Gasteiger partial charge on any atom is -0.477 e. The molecule has 1 aromatic carbocycles. The number of carboxylic acid groups (broad SMARTS) is 1. The van der Waals surface area contributed by atoms with Crippen LogP contribution in [-0.4, -0.2) is 15.6 Å². The van der Waals surface area contributed by atoms with Gasteiger partial charge in [0.05, 0.1) is 10.5 Å². The quantitative estimate of drug-likeness (QED) is 0.928. The summed E-state index contributed by atoms with van der Waals surface area (Å²) < 4.78 is 15.5. The van der Waals surface area contributed by atoms with Gasteiger partial charge in [0, 0.05) is 17.1 Å². The number of aromatic nitrogens is 1. The molecule has 1 heterocycles. The van der Waals surface area contributed by atoms with Crippen LogP contribution in [-0.2, 0) is 5.54 Å². The number of benzene rings is 1. The summed E-state index contributed by atoms with van der Waals surface area (Å²) in [6.45, 7) is 0. The molecule has 0 spiro atoms. The number of fused-ring (bicyclic) bond motifs is 1. The van der Waals surface area contributed by atoms with Gasteiger partial charge in [0.25, 0.3) is 0 Å². The number of nitrogens with zero attached hydrogens (tertiary/aromatic N) is 1. The number of carbonyl (C=O) groups is 1. The average molecular weight is 308 g/mol. The minimum atomic E-state index is -1.29. The van der Waals surface area contributed by atoms with Gasteiger partial charge in [-0.2, -0.15) is 0 Å². The Morgan fingerprint density at radius 1 is 1.38 bits per heavy atom. The van der Waals surface area contributed by atoms with E-state index < -0.39 is 17.2 Å². The van der Waals surface area contributed by atoms with Crippen molar-refractivity contribution in [3.05, 3.63) is 45.0 Å². The molecular weight excluding hydrogens is 297 g/mol. The van der Waals surface area contributed by atoms with Crippen LogP contribution in [0.2, 0.25) is 5.02 Å². The van der Waals surface area contributed by atoms with E-state index in [1.807, 2.05) is 4.57 Å². The molecule has 0 atom stereocenters. The van der Waals surface area contributed by atoms with Gasteiger partial charge in [-0.05, 0) is 37.3 Å². The summed E-state index contributed by atoms with van der Waals surface area (Å²) in [5.74, 6) is -1.32. The zero-order valence-corrected chi connectivity index (χ0v) is 11.7. The second-order valence-electron chi connectivity index (χ2n) is 6.03. The Labute approximate surface area is 123 Å². The van der Waals surface area contributed by atoms with Crippen molar-refractivity contribution in [2.24, 2.45) is 5.92 Å². The first-order chi connectivity index (χ1) is 9.91. The molecule has 108 valence electrons. The molecule has 3 fully saturated rings. The van der Waals surface area contributed by atoms with E-state index in [0.29, 0.717) is 11.4 Å². The van der Waals surface area contributed by atoms with E-state index >= 15 is 0 Å². The molecule has 6 heteroatoms. The lowest BCUT2D eigenvalue weighted by molar-refractivity contribution is -0.0860. The fourth-order valence-electron chi connectivity index (χ4n) is 3.59. The molecule has 0 amide bonds. The number of hydrogen-bond donors (Lipinski definition) is 1. The molecule has 3 aliphatic rings. The summed E-state index contributed by atoms with van der Waals surface area (Å²) in [5.41, 5.74) is -0.610. The van der Waals surface area contributed by atoms with E-state index in [-0.39, 0.29) is 21.5 Å². The first-order valence-electron chi connectivity index (χ1n) is 6.69. The van der Waals surface area contributed by atoms with Crippen LogP contribution in [0.25, 0.3) is 10.9 Å². The molecule has 2 bridgehead atoms. The van der Waals surface area contributed by atoms with Crippen LogP contribution in [0.1, 0.15) is 29.6 Å².